The third-order valence-corrected chi connectivity index (χ3v) is 5.39. The average Bonchev–Trinajstić information content (AvgIpc) is 3.36. The number of fused-ring (bicyclic) bond motifs is 2. The summed E-state index contributed by atoms with van der Waals surface area (Å²) in [4.78, 5) is 0. The molecular weight excluding hydrogens is 403 g/mol. The lowest BCUT2D eigenvalue weighted by molar-refractivity contribution is -0.363. The molecule has 31 heavy (non-hydrogen) atoms. The first-order valence-corrected chi connectivity index (χ1v) is 10.1. The summed E-state index contributed by atoms with van der Waals surface area (Å²) in [6, 6.07) is 10.7. The lowest BCUT2D eigenvalue weighted by Gasteiger charge is -2.37. The molecule has 0 amide bonds. The van der Waals surface area contributed by atoms with Gasteiger partial charge in [-0.05, 0) is 35.9 Å². The van der Waals surface area contributed by atoms with E-state index < -0.39 is 6.97 Å². The van der Waals surface area contributed by atoms with E-state index in [1.165, 1.54) is 0 Å². The van der Waals surface area contributed by atoms with Crippen molar-refractivity contribution >= 4 is 29.9 Å². The number of methoxy groups -OCH3 is 2. The molecule has 0 saturated heterocycles. The normalized spacial score (nSPS) is 16.5. The highest BCUT2D eigenvalue weighted by Crippen LogP contribution is 2.41. The molecule has 0 aliphatic carbocycles. The van der Waals surface area contributed by atoms with Crippen molar-refractivity contribution in [2.24, 2.45) is 0 Å². The zero-order valence-electron chi connectivity index (χ0n) is 17.6. The molecule has 0 atom stereocenters. The fraction of sp³-hybridized carbons (Fsp3) is 0.286. The maximum absolute atomic E-state index is 16.0. The maximum atomic E-state index is 16.0. The SMILES string of the molecule is COCCNC1=[N+]2C(=C(c3ccc(N)cc3)c3ccc(NCCOC)n3[B-]2(F)F)C=C1. The topological polar surface area (TPSA) is 76.5 Å². The van der Waals surface area contributed by atoms with Crippen LogP contribution >= 0.6 is 0 Å². The molecule has 2 aliphatic rings. The number of rotatable bonds is 8. The number of aromatic nitrogens is 1. The van der Waals surface area contributed by atoms with Gasteiger partial charge in [0.1, 0.15) is 6.54 Å². The fourth-order valence-electron chi connectivity index (χ4n) is 4.02. The molecule has 2 aromatic rings. The van der Waals surface area contributed by atoms with Crippen LogP contribution < -0.4 is 16.4 Å². The molecule has 2 aliphatic heterocycles. The van der Waals surface area contributed by atoms with Crippen LogP contribution in [-0.4, -0.2) is 62.3 Å². The van der Waals surface area contributed by atoms with Crippen LogP contribution in [0.4, 0.5) is 20.1 Å². The minimum Gasteiger partial charge on any atom is -0.414 e. The zero-order chi connectivity index (χ0) is 22.0. The van der Waals surface area contributed by atoms with Gasteiger partial charge in [0.2, 0.25) is 5.84 Å². The summed E-state index contributed by atoms with van der Waals surface area (Å²) >= 11 is 0. The predicted octanol–water partition coefficient (Wildman–Crippen LogP) is 2.34. The van der Waals surface area contributed by atoms with Crippen molar-refractivity contribution in [3.8, 4) is 0 Å². The number of hydrogen-bond donors (Lipinski definition) is 3. The minimum atomic E-state index is -4.15. The van der Waals surface area contributed by atoms with Crippen molar-refractivity contribution in [2.75, 3.05) is 51.6 Å². The number of amidine groups is 1. The van der Waals surface area contributed by atoms with Gasteiger partial charge in [-0.1, -0.05) is 12.1 Å². The monoisotopic (exact) mass is 429 g/mol. The van der Waals surface area contributed by atoms with Crippen molar-refractivity contribution in [1.29, 1.82) is 0 Å². The first-order chi connectivity index (χ1) is 15.0. The first-order valence-electron chi connectivity index (χ1n) is 10.1. The summed E-state index contributed by atoms with van der Waals surface area (Å²) in [5.41, 5.74) is 8.89. The van der Waals surface area contributed by atoms with Gasteiger partial charge in [-0.2, -0.15) is 0 Å². The van der Waals surface area contributed by atoms with Crippen molar-refractivity contribution < 1.29 is 22.6 Å². The maximum Gasteiger partial charge on any atom is 0.640 e. The molecule has 0 radical (unpaired) electrons. The van der Waals surface area contributed by atoms with Gasteiger partial charge in [0, 0.05) is 43.8 Å². The third-order valence-electron chi connectivity index (χ3n) is 5.39. The number of hydrogen-bond acceptors (Lipinski definition) is 5. The Balaban J connectivity index is 1.88. The van der Waals surface area contributed by atoms with Crippen LogP contribution in [0.2, 0.25) is 0 Å². The molecule has 3 heterocycles. The standard InChI is InChI=1S/C21H26BF2N5O2/c1-30-13-11-26-19-9-7-17-21(15-3-5-16(25)6-4-15)18-8-10-20(27-12-14-31-2)29(18)22(23,24)28(17)19/h3-10,26-27H,11-14,25H2,1-2H3. The molecule has 1 aromatic carbocycles. The number of ether oxygens (including phenoxy) is 2. The van der Waals surface area contributed by atoms with Crippen molar-refractivity contribution in [3.05, 3.63) is 65.5 Å². The molecule has 0 saturated carbocycles. The molecule has 0 unspecified atom stereocenters. The van der Waals surface area contributed by atoms with Crippen LogP contribution in [0.25, 0.3) is 5.57 Å². The van der Waals surface area contributed by atoms with Gasteiger partial charge in [-0.25, -0.2) is 0 Å². The van der Waals surface area contributed by atoms with Crippen LogP contribution in [0.3, 0.4) is 0 Å². The number of nitrogens with zero attached hydrogens (tertiary/aromatic N) is 2. The highest BCUT2D eigenvalue weighted by molar-refractivity contribution is 6.58. The first kappa shape index (κ1) is 21.1. The van der Waals surface area contributed by atoms with Crippen LogP contribution in [0.1, 0.15) is 11.3 Å². The minimum absolute atomic E-state index is 0.340. The number of anilines is 2. The van der Waals surface area contributed by atoms with E-state index in [1.807, 2.05) is 12.1 Å². The molecule has 7 nitrogen and oxygen atoms in total. The number of allylic oxidation sites excluding steroid dienone is 1. The van der Waals surface area contributed by atoms with E-state index in [4.69, 9.17) is 15.2 Å². The zero-order valence-corrected chi connectivity index (χ0v) is 17.6. The smallest absolute Gasteiger partial charge is 0.414 e. The Bertz CT molecular complexity index is 1060. The Morgan fingerprint density at radius 2 is 1.65 bits per heavy atom. The number of nitrogens with two attached hydrogens (primary N) is 1. The lowest BCUT2D eigenvalue weighted by atomic mass is 9.86. The summed E-state index contributed by atoms with van der Waals surface area (Å²) in [7, 11) is 3.15. The number of halogens is 2. The summed E-state index contributed by atoms with van der Waals surface area (Å²) in [5.74, 6) is 0.680. The van der Waals surface area contributed by atoms with E-state index >= 15 is 8.63 Å². The van der Waals surface area contributed by atoms with Gasteiger partial charge in [0.15, 0.2) is 0 Å². The van der Waals surface area contributed by atoms with E-state index in [0.717, 1.165) is 14.5 Å². The van der Waals surface area contributed by atoms with Crippen LogP contribution in [0.15, 0.2) is 54.2 Å². The third kappa shape index (κ3) is 3.72. The van der Waals surface area contributed by atoms with E-state index in [2.05, 4.69) is 10.6 Å². The molecule has 10 heteroatoms. The summed E-state index contributed by atoms with van der Waals surface area (Å²) in [6.45, 7) is -2.49. The number of benzene rings is 1. The van der Waals surface area contributed by atoms with Gasteiger partial charge in [-0.15, -0.1) is 0 Å². The summed E-state index contributed by atoms with van der Waals surface area (Å²) in [5, 5.41) is 6.14. The largest absolute Gasteiger partial charge is 0.640 e. The highest BCUT2D eigenvalue weighted by Gasteiger charge is 2.49. The average molecular weight is 429 g/mol. The Kier molecular flexibility index (Phi) is 5.84. The number of nitrogen functional groups attached to an aromatic ring is 1. The Hall–Kier alpha value is -3.11. The summed E-state index contributed by atoms with van der Waals surface area (Å²) < 4.78 is 44.2. The molecule has 0 fully saturated rings. The molecule has 164 valence electrons. The second-order valence-electron chi connectivity index (χ2n) is 7.37. The van der Waals surface area contributed by atoms with Crippen LogP contribution in [-0.2, 0) is 9.47 Å². The lowest BCUT2D eigenvalue weighted by Crippen LogP contribution is -2.53. The molecule has 4 rings (SSSR count). The second kappa shape index (κ2) is 8.56. The van der Waals surface area contributed by atoms with Crippen LogP contribution in [0, 0.1) is 0 Å². The van der Waals surface area contributed by atoms with Gasteiger partial charge < -0.3 is 38.1 Å². The van der Waals surface area contributed by atoms with Crippen molar-refractivity contribution in [3.63, 3.8) is 0 Å². The van der Waals surface area contributed by atoms with Gasteiger partial charge in [0.25, 0.3) is 0 Å². The van der Waals surface area contributed by atoms with Crippen molar-refractivity contribution in [1.82, 2.24) is 9.79 Å². The predicted molar refractivity (Wildman–Crippen MR) is 119 cm³/mol. The molecular formula is C21H26BF2N5O2. The van der Waals surface area contributed by atoms with E-state index in [9.17, 15) is 0 Å². The van der Waals surface area contributed by atoms with Gasteiger partial charge >= 0.3 is 6.97 Å². The van der Waals surface area contributed by atoms with Gasteiger partial charge in [0.05, 0.1) is 24.7 Å². The molecule has 1 aromatic heterocycles. The fourth-order valence-corrected chi connectivity index (χ4v) is 4.02. The molecule has 0 spiro atoms. The molecule has 4 N–H and O–H groups in total. The second-order valence-corrected chi connectivity index (χ2v) is 7.37. The highest BCUT2D eigenvalue weighted by atomic mass is 19.2. The number of nitrogens with one attached hydrogen (secondary N) is 2. The quantitative estimate of drug-likeness (QED) is 0.341. The van der Waals surface area contributed by atoms with Crippen molar-refractivity contribution in [2.45, 2.75) is 0 Å². The van der Waals surface area contributed by atoms with Gasteiger partial charge in [-0.3, -0.25) is 5.32 Å². The Morgan fingerprint density at radius 3 is 2.32 bits per heavy atom. The van der Waals surface area contributed by atoms with E-state index in [0.29, 0.717) is 60.6 Å². The van der Waals surface area contributed by atoms with E-state index in [-0.39, 0.29) is 0 Å². The van der Waals surface area contributed by atoms with Crippen LogP contribution in [0.5, 0.6) is 0 Å². The molecule has 0 bridgehead atoms. The Morgan fingerprint density at radius 1 is 0.968 bits per heavy atom. The van der Waals surface area contributed by atoms with E-state index in [1.54, 1.807) is 50.6 Å². The summed E-state index contributed by atoms with van der Waals surface area (Å²) in [6.07, 6.45) is 3.41. The Labute approximate surface area is 179 Å².